The molecule has 0 radical (unpaired) electrons. The minimum Gasteiger partial charge on any atom is -0.497 e. The lowest BCUT2D eigenvalue weighted by atomic mass is 9.84. The van der Waals surface area contributed by atoms with E-state index in [4.69, 9.17) is 4.74 Å². The van der Waals surface area contributed by atoms with Gasteiger partial charge in [0.25, 0.3) is 0 Å². The van der Waals surface area contributed by atoms with E-state index in [0.717, 1.165) is 55.4 Å². The van der Waals surface area contributed by atoms with Crippen LogP contribution in [-0.2, 0) is 22.6 Å². The van der Waals surface area contributed by atoms with Crippen LogP contribution < -0.4 is 4.74 Å². The Morgan fingerprint density at radius 3 is 2.47 bits per heavy atom. The second-order valence-electron chi connectivity index (χ2n) is 9.60. The number of nitrogens with zero attached hydrogens (tertiary/aromatic N) is 2. The number of hydrogen-bond acceptors (Lipinski definition) is 3. The number of rotatable bonds is 10. The Labute approximate surface area is 200 Å². The summed E-state index contributed by atoms with van der Waals surface area (Å²) in [5, 5.41) is 1.19. The van der Waals surface area contributed by atoms with Crippen LogP contribution in [0.3, 0.4) is 0 Å². The number of para-hydroxylation sites is 1. The molecule has 0 spiro atoms. The number of fused-ring (bicyclic) bond motifs is 1. The summed E-state index contributed by atoms with van der Waals surface area (Å²) in [6, 6.07) is 16.3. The highest BCUT2D eigenvalue weighted by atomic mass is 16.5. The largest absolute Gasteiger partial charge is 0.497 e. The van der Waals surface area contributed by atoms with Crippen LogP contribution in [0.1, 0.15) is 43.2 Å². The van der Waals surface area contributed by atoms with Gasteiger partial charge in [-0.1, -0.05) is 36.8 Å². The predicted molar refractivity (Wildman–Crippen MR) is 132 cm³/mol. The maximum atomic E-state index is 13.6. The topological polar surface area (TPSA) is 65.6 Å². The molecule has 6 heteroatoms. The number of nitrogens with one attached hydrogen (secondary N) is 1. The molecule has 2 aliphatic rings. The molecule has 0 unspecified atom stereocenters. The van der Waals surface area contributed by atoms with Crippen molar-refractivity contribution in [1.29, 1.82) is 0 Å². The molecule has 2 fully saturated rings. The van der Waals surface area contributed by atoms with Crippen molar-refractivity contribution in [3.63, 3.8) is 0 Å². The molecule has 2 saturated carbocycles. The fourth-order valence-corrected chi connectivity index (χ4v) is 4.75. The number of amides is 2. The molecule has 1 N–H and O–H groups in total. The average Bonchev–Trinajstić information content (AvgIpc) is 3.58. The van der Waals surface area contributed by atoms with Crippen LogP contribution in [0.15, 0.2) is 54.7 Å². The van der Waals surface area contributed by atoms with Crippen LogP contribution in [0.2, 0.25) is 0 Å². The summed E-state index contributed by atoms with van der Waals surface area (Å²) in [5.74, 6) is 1.12. The molecule has 2 aromatic carbocycles. The van der Waals surface area contributed by atoms with Gasteiger partial charge in [0.15, 0.2) is 0 Å². The monoisotopic (exact) mass is 459 g/mol. The molecular formula is C28H33N3O3. The first-order chi connectivity index (χ1) is 16.6. The summed E-state index contributed by atoms with van der Waals surface area (Å²) in [6.45, 7) is 1.30. The third-order valence-corrected chi connectivity index (χ3v) is 7.24. The van der Waals surface area contributed by atoms with E-state index in [1.165, 1.54) is 10.9 Å². The molecule has 1 heterocycles. The van der Waals surface area contributed by atoms with E-state index in [2.05, 4.69) is 17.1 Å². The van der Waals surface area contributed by atoms with Crippen LogP contribution >= 0.6 is 0 Å². The van der Waals surface area contributed by atoms with Gasteiger partial charge in [-0.05, 0) is 61.4 Å². The summed E-state index contributed by atoms with van der Waals surface area (Å²) < 4.78 is 5.28. The molecule has 2 amide bonds. The second kappa shape index (κ2) is 9.92. The molecule has 5 rings (SSSR count). The molecule has 0 saturated heterocycles. The van der Waals surface area contributed by atoms with Gasteiger partial charge in [0.2, 0.25) is 11.8 Å². The second-order valence-corrected chi connectivity index (χ2v) is 9.60. The Balaban J connectivity index is 1.32. The van der Waals surface area contributed by atoms with Crippen molar-refractivity contribution in [1.82, 2.24) is 14.8 Å². The van der Waals surface area contributed by atoms with E-state index < -0.39 is 0 Å². The number of aromatic amines is 1. The van der Waals surface area contributed by atoms with Gasteiger partial charge in [0.1, 0.15) is 12.3 Å². The number of carbonyl (C=O) groups is 2. The Morgan fingerprint density at radius 2 is 1.79 bits per heavy atom. The molecule has 178 valence electrons. The molecule has 0 atom stereocenters. The third kappa shape index (κ3) is 4.96. The summed E-state index contributed by atoms with van der Waals surface area (Å²) in [6.07, 6.45) is 7.87. The van der Waals surface area contributed by atoms with Crippen molar-refractivity contribution >= 4 is 22.7 Å². The highest BCUT2D eigenvalue weighted by molar-refractivity contribution is 5.87. The van der Waals surface area contributed by atoms with Crippen LogP contribution in [0.5, 0.6) is 5.75 Å². The van der Waals surface area contributed by atoms with Crippen molar-refractivity contribution in [2.24, 2.45) is 5.92 Å². The summed E-state index contributed by atoms with van der Waals surface area (Å²) in [4.78, 5) is 33.7. The fraction of sp³-hybridized carbons (Fsp3) is 0.429. The number of hydrogen-bond donors (Lipinski definition) is 1. The molecule has 0 aliphatic heterocycles. The first-order valence-corrected chi connectivity index (χ1v) is 12.4. The highest BCUT2D eigenvalue weighted by Crippen LogP contribution is 2.34. The van der Waals surface area contributed by atoms with Gasteiger partial charge in [-0.15, -0.1) is 0 Å². The summed E-state index contributed by atoms with van der Waals surface area (Å²) in [7, 11) is 1.65. The lowest BCUT2D eigenvalue weighted by molar-refractivity contribution is -0.145. The van der Waals surface area contributed by atoms with Gasteiger partial charge in [-0.25, -0.2) is 0 Å². The molecule has 34 heavy (non-hydrogen) atoms. The van der Waals surface area contributed by atoms with E-state index in [1.807, 2.05) is 52.4 Å². The fourth-order valence-electron chi connectivity index (χ4n) is 4.75. The van der Waals surface area contributed by atoms with Crippen LogP contribution in [0, 0.1) is 5.92 Å². The maximum Gasteiger partial charge on any atom is 0.242 e. The Hall–Kier alpha value is -3.28. The number of aromatic nitrogens is 1. The molecule has 3 aromatic rings. The third-order valence-electron chi connectivity index (χ3n) is 7.24. The van der Waals surface area contributed by atoms with Gasteiger partial charge in [0.05, 0.1) is 7.11 Å². The quantitative estimate of drug-likeness (QED) is 0.484. The highest BCUT2D eigenvalue weighted by Gasteiger charge is 2.39. The first-order valence-electron chi connectivity index (χ1n) is 12.4. The summed E-state index contributed by atoms with van der Waals surface area (Å²) in [5.41, 5.74) is 3.36. The van der Waals surface area contributed by atoms with Crippen molar-refractivity contribution in [2.45, 2.75) is 51.1 Å². The lowest BCUT2D eigenvalue weighted by Gasteiger charge is -2.33. The predicted octanol–water partition coefficient (Wildman–Crippen LogP) is 4.54. The lowest BCUT2D eigenvalue weighted by Crippen LogP contribution is -2.47. The number of H-pyrrole nitrogens is 1. The van der Waals surface area contributed by atoms with Crippen molar-refractivity contribution in [3.05, 3.63) is 65.9 Å². The Bertz CT molecular complexity index is 1150. The number of methoxy groups -OCH3 is 1. The van der Waals surface area contributed by atoms with Crippen LogP contribution in [0.25, 0.3) is 10.9 Å². The van der Waals surface area contributed by atoms with Gasteiger partial charge >= 0.3 is 0 Å². The Morgan fingerprint density at radius 1 is 1.03 bits per heavy atom. The smallest absolute Gasteiger partial charge is 0.242 e. The van der Waals surface area contributed by atoms with Crippen LogP contribution in [0.4, 0.5) is 0 Å². The van der Waals surface area contributed by atoms with Crippen LogP contribution in [-0.4, -0.2) is 52.8 Å². The molecule has 6 nitrogen and oxygen atoms in total. The van der Waals surface area contributed by atoms with E-state index >= 15 is 0 Å². The van der Waals surface area contributed by atoms with E-state index in [9.17, 15) is 9.59 Å². The van der Waals surface area contributed by atoms with Gasteiger partial charge in [-0.2, -0.15) is 0 Å². The van der Waals surface area contributed by atoms with E-state index in [0.29, 0.717) is 13.1 Å². The van der Waals surface area contributed by atoms with E-state index in [1.54, 1.807) is 7.11 Å². The summed E-state index contributed by atoms with van der Waals surface area (Å²) >= 11 is 0. The molecule has 1 aromatic heterocycles. The number of carbonyl (C=O) groups excluding carboxylic acids is 2. The van der Waals surface area contributed by atoms with Crippen molar-refractivity contribution in [3.8, 4) is 5.75 Å². The minimum atomic E-state index is 0.0234. The SMILES string of the molecule is COc1ccc(CN(CCc2c[nH]c3ccccc23)C(=O)CN(C(=O)C2CCC2)C2CC2)cc1. The maximum absolute atomic E-state index is 13.6. The minimum absolute atomic E-state index is 0.0234. The standard InChI is InChI=1S/C28H33N3O3/c1-34-24-13-9-20(10-14-24)18-30(16-15-22-17-29-26-8-3-2-7-25(22)26)27(32)19-31(23-11-12-23)28(33)21-5-4-6-21/h2-3,7-10,13-14,17,21,23,29H,4-6,11-12,15-16,18-19H2,1H3. The molecule has 2 aliphatic carbocycles. The first kappa shape index (κ1) is 22.5. The molecule has 0 bridgehead atoms. The van der Waals surface area contributed by atoms with E-state index in [-0.39, 0.29) is 30.3 Å². The average molecular weight is 460 g/mol. The Kier molecular flexibility index (Phi) is 6.57. The zero-order chi connectivity index (χ0) is 23.5. The van der Waals surface area contributed by atoms with Gasteiger partial charge < -0.3 is 19.5 Å². The van der Waals surface area contributed by atoms with Crippen molar-refractivity contribution in [2.75, 3.05) is 20.2 Å². The van der Waals surface area contributed by atoms with Gasteiger partial charge in [0, 0.05) is 42.1 Å². The zero-order valence-electron chi connectivity index (χ0n) is 19.8. The molecular weight excluding hydrogens is 426 g/mol. The van der Waals surface area contributed by atoms with Gasteiger partial charge in [-0.3, -0.25) is 9.59 Å². The number of ether oxygens (including phenoxy) is 1. The number of benzene rings is 2. The van der Waals surface area contributed by atoms with Crippen molar-refractivity contribution < 1.29 is 14.3 Å². The zero-order valence-corrected chi connectivity index (χ0v) is 19.8. The normalized spacial score (nSPS) is 15.7.